The van der Waals surface area contributed by atoms with E-state index in [0.717, 1.165) is 26.2 Å². The molecule has 1 aliphatic rings. The van der Waals surface area contributed by atoms with Crippen LogP contribution in [0, 0.1) is 5.92 Å². The zero-order valence-corrected chi connectivity index (χ0v) is 10.6. The quantitative estimate of drug-likeness (QED) is 0.647. The van der Waals surface area contributed by atoms with E-state index in [1.54, 1.807) is 7.05 Å². The molecule has 1 heterocycles. The summed E-state index contributed by atoms with van der Waals surface area (Å²) < 4.78 is 0. The van der Waals surface area contributed by atoms with Gasteiger partial charge in [-0.25, -0.2) is 0 Å². The third-order valence-corrected chi connectivity index (χ3v) is 3.11. The van der Waals surface area contributed by atoms with Gasteiger partial charge in [0.25, 0.3) is 0 Å². The Morgan fingerprint density at radius 2 is 2.31 bits per heavy atom. The molecule has 1 amide bonds. The third-order valence-electron chi connectivity index (χ3n) is 3.11. The molecule has 4 nitrogen and oxygen atoms in total. The van der Waals surface area contributed by atoms with Gasteiger partial charge in [0.05, 0.1) is 6.54 Å². The van der Waals surface area contributed by atoms with Crippen LogP contribution >= 0.6 is 0 Å². The normalized spacial score (nSPS) is 22.0. The van der Waals surface area contributed by atoms with Gasteiger partial charge in [-0.3, -0.25) is 9.69 Å². The second-order valence-corrected chi connectivity index (χ2v) is 4.62. The second-order valence-electron chi connectivity index (χ2n) is 4.62. The average Bonchev–Trinajstić information content (AvgIpc) is 2.30. The fourth-order valence-electron chi connectivity index (χ4n) is 2.23. The molecule has 0 bridgehead atoms. The summed E-state index contributed by atoms with van der Waals surface area (Å²) in [6, 6.07) is 0. The molecule has 0 aromatic rings. The number of likely N-dealkylation sites (tertiary alicyclic amines) is 1. The minimum absolute atomic E-state index is 0.127. The Kier molecular flexibility index (Phi) is 6.42. The van der Waals surface area contributed by atoms with Gasteiger partial charge in [0.15, 0.2) is 0 Å². The van der Waals surface area contributed by atoms with E-state index in [4.69, 9.17) is 0 Å². The molecule has 0 aromatic carbocycles. The molecule has 0 saturated carbocycles. The van der Waals surface area contributed by atoms with Crippen LogP contribution < -0.4 is 10.6 Å². The van der Waals surface area contributed by atoms with Crippen molar-refractivity contribution in [2.75, 3.05) is 39.8 Å². The Balaban J connectivity index is 2.21. The van der Waals surface area contributed by atoms with E-state index in [-0.39, 0.29) is 5.91 Å². The molecule has 1 aliphatic heterocycles. The molecule has 1 atom stereocenters. The lowest BCUT2D eigenvalue weighted by molar-refractivity contribution is -0.122. The Morgan fingerprint density at radius 3 is 3.00 bits per heavy atom. The SMILES string of the molecule is CCCNCC1CCCN(CC(=O)NC)C1. The van der Waals surface area contributed by atoms with E-state index in [0.29, 0.717) is 12.5 Å². The average molecular weight is 227 g/mol. The zero-order chi connectivity index (χ0) is 11.8. The topological polar surface area (TPSA) is 44.4 Å². The number of carbonyl (C=O) groups excluding carboxylic acids is 1. The Morgan fingerprint density at radius 1 is 1.50 bits per heavy atom. The van der Waals surface area contributed by atoms with Crippen molar-refractivity contribution in [1.82, 2.24) is 15.5 Å². The van der Waals surface area contributed by atoms with E-state index in [9.17, 15) is 4.79 Å². The highest BCUT2D eigenvalue weighted by Crippen LogP contribution is 2.15. The molecule has 0 radical (unpaired) electrons. The number of likely N-dealkylation sites (N-methyl/N-ethyl adjacent to an activating group) is 1. The lowest BCUT2D eigenvalue weighted by Crippen LogP contribution is -2.44. The first kappa shape index (κ1) is 13.5. The minimum atomic E-state index is 0.127. The van der Waals surface area contributed by atoms with E-state index in [1.807, 2.05) is 0 Å². The second kappa shape index (κ2) is 7.63. The maximum absolute atomic E-state index is 11.3. The zero-order valence-electron chi connectivity index (χ0n) is 10.6. The Hall–Kier alpha value is -0.610. The Labute approximate surface area is 98.8 Å². The molecule has 0 spiro atoms. The van der Waals surface area contributed by atoms with Crippen LogP contribution in [0.4, 0.5) is 0 Å². The summed E-state index contributed by atoms with van der Waals surface area (Å²) in [6.45, 7) is 7.07. The van der Waals surface area contributed by atoms with Crippen LogP contribution in [0.3, 0.4) is 0 Å². The van der Waals surface area contributed by atoms with Crippen LogP contribution in [0.15, 0.2) is 0 Å². The molecular weight excluding hydrogens is 202 g/mol. The van der Waals surface area contributed by atoms with Gasteiger partial charge in [-0.15, -0.1) is 0 Å². The van der Waals surface area contributed by atoms with Gasteiger partial charge in [0.2, 0.25) is 5.91 Å². The molecule has 2 N–H and O–H groups in total. The maximum atomic E-state index is 11.3. The highest BCUT2D eigenvalue weighted by atomic mass is 16.1. The van der Waals surface area contributed by atoms with Crippen molar-refractivity contribution >= 4 is 5.91 Å². The van der Waals surface area contributed by atoms with E-state index < -0.39 is 0 Å². The van der Waals surface area contributed by atoms with E-state index in [1.165, 1.54) is 19.3 Å². The maximum Gasteiger partial charge on any atom is 0.233 e. The van der Waals surface area contributed by atoms with Crippen molar-refractivity contribution in [2.45, 2.75) is 26.2 Å². The van der Waals surface area contributed by atoms with Crippen molar-refractivity contribution < 1.29 is 4.79 Å². The van der Waals surface area contributed by atoms with Crippen LogP contribution in [0.25, 0.3) is 0 Å². The smallest absolute Gasteiger partial charge is 0.233 e. The summed E-state index contributed by atoms with van der Waals surface area (Å²) in [5, 5.41) is 6.15. The van der Waals surface area contributed by atoms with Crippen molar-refractivity contribution in [2.24, 2.45) is 5.92 Å². The first-order valence-electron chi connectivity index (χ1n) is 6.40. The largest absolute Gasteiger partial charge is 0.358 e. The number of nitrogens with zero attached hydrogens (tertiary/aromatic N) is 1. The fraction of sp³-hybridized carbons (Fsp3) is 0.917. The summed E-state index contributed by atoms with van der Waals surface area (Å²) in [5.41, 5.74) is 0. The monoisotopic (exact) mass is 227 g/mol. The summed E-state index contributed by atoms with van der Waals surface area (Å²) in [4.78, 5) is 13.5. The van der Waals surface area contributed by atoms with Crippen molar-refractivity contribution in [1.29, 1.82) is 0 Å². The molecule has 1 saturated heterocycles. The molecule has 0 aliphatic carbocycles. The number of hydrogen-bond acceptors (Lipinski definition) is 3. The molecule has 16 heavy (non-hydrogen) atoms. The third kappa shape index (κ3) is 4.94. The Bertz CT molecular complexity index is 208. The summed E-state index contributed by atoms with van der Waals surface area (Å²) >= 11 is 0. The lowest BCUT2D eigenvalue weighted by atomic mass is 9.98. The van der Waals surface area contributed by atoms with Crippen LogP contribution in [0.2, 0.25) is 0 Å². The molecule has 1 unspecified atom stereocenters. The molecular formula is C12H25N3O. The first-order chi connectivity index (χ1) is 7.76. The van der Waals surface area contributed by atoms with Crippen molar-refractivity contribution in [3.8, 4) is 0 Å². The number of carbonyl (C=O) groups is 1. The first-order valence-corrected chi connectivity index (χ1v) is 6.40. The molecule has 94 valence electrons. The highest BCUT2D eigenvalue weighted by Gasteiger charge is 2.20. The summed E-state index contributed by atoms with van der Waals surface area (Å²) in [7, 11) is 1.70. The number of piperidine rings is 1. The van der Waals surface area contributed by atoms with Gasteiger partial charge in [0.1, 0.15) is 0 Å². The number of rotatable bonds is 6. The van der Waals surface area contributed by atoms with Gasteiger partial charge in [-0.1, -0.05) is 6.92 Å². The number of amides is 1. The van der Waals surface area contributed by atoms with E-state index in [2.05, 4.69) is 22.5 Å². The van der Waals surface area contributed by atoms with Crippen LogP contribution in [-0.4, -0.2) is 50.6 Å². The van der Waals surface area contributed by atoms with Gasteiger partial charge >= 0.3 is 0 Å². The van der Waals surface area contributed by atoms with Gasteiger partial charge < -0.3 is 10.6 Å². The highest BCUT2D eigenvalue weighted by molar-refractivity contribution is 5.77. The van der Waals surface area contributed by atoms with Crippen LogP contribution in [0.5, 0.6) is 0 Å². The van der Waals surface area contributed by atoms with Gasteiger partial charge in [-0.2, -0.15) is 0 Å². The van der Waals surface area contributed by atoms with Crippen molar-refractivity contribution in [3.63, 3.8) is 0 Å². The van der Waals surface area contributed by atoms with Gasteiger partial charge in [0, 0.05) is 13.6 Å². The number of nitrogens with one attached hydrogen (secondary N) is 2. The van der Waals surface area contributed by atoms with Crippen LogP contribution in [0.1, 0.15) is 26.2 Å². The van der Waals surface area contributed by atoms with Gasteiger partial charge in [-0.05, 0) is 44.8 Å². The van der Waals surface area contributed by atoms with Crippen molar-refractivity contribution in [3.05, 3.63) is 0 Å². The fourth-order valence-corrected chi connectivity index (χ4v) is 2.23. The molecule has 1 rings (SSSR count). The van der Waals surface area contributed by atoms with E-state index >= 15 is 0 Å². The standard InChI is InChI=1S/C12H25N3O/c1-3-6-14-8-11-5-4-7-15(9-11)10-12(16)13-2/h11,14H,3-10H2,1-2H3,(H,13,16). The lowest BCUT2D eigenvalue weighted by Gasteiger charge is -2.32. The number of hydrogen-bond donors (Lipinski definition) is 2. The molecule has 1 fully saturated rings. The minimum Gasteiger partial charge on any atom is -0.358 e. The predicted molar refractivity (Wildman–Crippen MR) is 66.4 cm³/mol. The molecule has 4 heteroatoms. The summed E-state index contributed by atoms with van der Waals surface area (Å²) in [6.07, 6.45) is 3.70. The van der Waals surface area contributed by atoms with Crippen LogP contribution in [-0.2, 0) is 4.79 Å². The molecule has 0 aromatic heterocycles. The summed E-state index contributed by atoms with van der Waals surface area (Å²) in [5.74, 6) is 0.840. The predicted octanol–water partition coefficient (Wildman–Crippen LogP) is 0.444.